The van der Waals surface area contributed by atoms with Crippen molar-refractivity contribution in [3.05, 3.63) is 23.8 Å². The third kappa shape index (κ3) is 4.12. The van der Waals surface area contributed by atoms with Gasteiger partial charge < -0.3 is 19.9 Å². The molecular formula is C12H17F2NO3. The zero-order valence-electron chi connectivity index (χ0n) is 10.3. The van der Waals surface area contributed by atoms with Gasteiger partial charge >= 0.3 is 0 Å². The Bertz CT molecular complexity index is 374. The second-order valence-corrected chi connectivity index (χ2v) is 3.72. The molecule has 0 saturated heterocycles. The number of hydrogen-bond acceptors (Lipinski definition) is 4. The van der Waals surface area contributed by atoms with E-state index in [0.29, 0.717) is 18.0 Å². The van der Waals surface area contributed by atoms with Crippen LogP contribution in [0.4, 0.5) is 8.78 Å². The molecule has 1 aromatic carbocycles. The summed E-state index contributed by atoms with van der Waals surface area (Å²) in [5, 5.41) is 11.7. The molecule has 0 amide bonds. The summed E-state index contributed by atoms with van der Waals surface area (Å²) in [6.45, 7) is 0.205. The average Bonchev–Trinajstić information content (AvgIpc) is 2.38. The number of benzene rings is 1. The van der Waals surface area contributed by atoms with Crippen LogP contribution in [0.15, 0.2) is 18.2 Å². The first-order valence-electron chi connectivity index (χ1n) is 5.46. The highest BCUT2D eigenvalue weighted by atomic mass is 19.3. The summed E-state index contributed by atoms with van der Waals surface area (Å²) in [5.41, 5.74) is 0.856. The molecule has 6 heteroatoms. The molecule has 2 N–H and O–H groups in total. The van der Waals surface area contributed by atoms with Crippen LogP contribution < -0.4 is 14.8 Å². The summed E-state index contributed by atoms with van der Waals surface area (Å²) in [6.07, 6.45) is -4.38. The summed E-state index contributed by atoms with van der Waals surface area (Å²) < 4.78 is 34.3. The zero-order valence-corrected chi connectivity index (χ0v) is 10.3. The molecule has 0 bridgehead atoms. The number of hydrogen-bond donors (Lipinski definition) is 2. The van der Waals surface area contributed by atoms with Crippen LogP contribution in [-0.4, -0.2) is 38.4 Å². The second kappa shape index (κ2) is 7.13. The first-order valence-corrected chi connectivity index (χ1v) is 5.46. The van der Waals surface area contributed by atoms with Crippen LogP contribution in [0.2, 0.25) is 0 Å². The minimum Gasteiger partial charge on any atom is -0.493 e. The van der Waals surface area contributed by atoms with Gasteiger partial charge in [0.15, 0.2) is 11.5 Å². The molecule has 0 radical (unpaired) electrons. The van der Waals surface area contributed by atoms with Crippen molar-refractivity contribution in [2.75, 3.05) is 20.8 Å². The van der Waals surface area contributed by atoms with E-state index in [9.17, 15) is 8.78 Å². The van der Waals surface area contributed by atoms with Gasteiger partial charge in [-0.1, -0.05) is 6.07 Å². The molecule has 0 spiro atoms. The summed E-state index contributed by atoms with van der Waals surface area (Å²) in [5.74, 6) is 1.18. The van der Waals surface area contributed by atoms with Crippen molar-refractivity contribution in [3.63, 3.8) is 0 Å². The summed E-state index contributed by atoms with van der Waals surface area (Å²) >= 11 is 0. The summed E-state index contributed by atoms with van der Waals surface area (Å²) in [6, 6.07) is 5.28. The van der Waals surface area contributed by atoms with E-state index in [1.165, 1.54) is 14.2 Å². The van der Waals surface area contributed by atoms with E-state index < -0.39 is 12.5 Å². The number of aliphatic hydroxyl groups excluding tert-OH is 1. The van der Waals surface area contributed by atoms with Gasteiger partial charge in [0.05, 0.1) is 14.2 Å². The maximum Gasteiger partial charge on any atom is 0.265 e. The minimum absolute atomic E-state index is 0.161. The van der Waals surface area contributed by atoms with E-state index in [1.807, 2.05) is 0 Å². The quantitative estimate of drug-likeness (QED) is 0.779. The summed E-state index contributed by atoms with van der Waals surface area (Å²) in [4.78, 5) is 0. The highest BCUT2D eigenvalue weighted by Gasteiger charge is 2.15. The van der Waals surface area contributed by atoms with Crippen LogP contribution in [0.3, 0.4) is 0 Å². The van der Waals surface area contributed by atoms with Crippen molar-refractivity contribution in [2.45, 2.75) is 19.1 Å². The molecule has 1 atom stereocenters. The molecular weight excluding hydrogens is 244 g/mol. The lowest BCUT2D eigenvalue weighted by Gasteiger charge is -2.12. The van der Waals surface area contributed by atoms with Gasteiger partial charge in [0.2, 0.25) is 0 Å². The second-order valence-electron chi connectivity index (χ2n) is 3.72. The normalized spacial score (nSPS) is 12.6. The van der Waals surface area contributed by atoms with Gasteiger partial charge in [-0.25, -0.2) is 8.78 Å². The Labute approximate surface area is 105 Å². The summed E-state index contributed by atoms with van der Waals surface area (Å²) in [7, 11) is 3.06. The van der Waals surface area contributed by atoms with Crippen molar-refractivity contribution in [3.8, 4) is 11.5 Å². The van der Waals surface area contributed by atoms with Gasteiger partial charge in [-0.2, -0.15) is 0 Å². The molecule has 0 aliphatic carbocycles. The van der Waals surface area contributed by atoms with Crippen LogP contribution in [0, 0.1) is 0 Å². The van der Waals surface area contributed by atoms with Crippen LogP contribution in [0.5, 0.6) is 11.5 Å². The van der Waals surface area contributed by atoms with Crippen LogP contribution in [-0.2, 0) is 6.54 Å². The smallest absolute Gasteiger partial charge is 0.265 e. The first-order chi connectivity index (χ1) is 8.58. The van der Waals surface area contributed by atoms with Crippen molar-refractivity contribution >= 4 is 0 Å². The molecule has 18 heavy (non-hydrogen) atoms. The van der Waals surface area contributed by atoms with E-state index in [-0.39, 0.29) is 6.54 Å². The Kier molecular flexibility index (Phi) is 5.80. The zero-order chi connectivity index (χ0) is 13.5. The van der Waals surface area contributed by atoms with Gasteiger partial charge in [-0.3, -0.25) is 0 Å². The van der Waals surface area contributed by atoms with Gasteiger partial charge in [0.25, 0.3) is 6.43 Å². The maximum absolute atomic E-state index is 12.0. The maximum atomic E-state index is 12.0. The largest absolute Gasteiger partial charge is 0.493 e. The number of nitrogens with one attached hydrogen (secondary N) is 1. The lowest BCUT2D eigenvalue weighted by Crippen LogP contribution is -2.31. The third-order valence-corrected chi connectivity index (χ3v) is 2.42. The lowest BCUT2D eigenvalue weighted by atomic mass is 10.2. The molecule has 0 saturated carbocycles. The van der Waals surface area contributed by atoms with Crippen molar-refractivity contribution < 1.29 is 23.4 Å². The molecule has 0 aliphatic rings. The topological polar surface area (TPSA) is 50.7 Å². The highest BCUT2D eigenvalue weighted by Crippen LogP contribution is 2.27. The first kappa shape index (κ1) is 14.7. The molecule has 0 aliphatic heterocycles. The molecule has 0 aromatic heterocycles. The van der Waals surface area contributed by atoms with Gasteiger partial charge in [-0.15, -0.1) is 0 Å². The minimum atomic E-state index is -2.73. The predicted octanol–water partition coefficient (Wildman–Crippen LogP) is 1.42. The van der Waals surface area contributed by atoms with Gasteiger partial charge in [0.1, 0.15) is 6.10 Å². The van der Waals surface area contributed by atoms with E-state index >= 15 is 0 Å². The Morgan fingerprint density at radius 1 is 1.22 bits per heavy atom. The molecule has 0 heterocycles. The van der Waals surface area contributed by atoms with Crippen LogP contribution in [0.25, 0.3) is 0 Å². The third-order valence-electron chi connectivity index (χ3n) is 2.42. The Morgan fingerprint density at radius 3 is 2.44 bits per heavy atom. The molecule has 4 nitrogen and oxygen atoms in total. The van der Waals surface area contributed by atoms with E-state index in [2.05, 4.69) is 5.32 Å². The van der Waals surface area contributed by atoms with Crippen molar-refractivity contribution in [1.29, 1.82) is 0 Å². The fourth-order valence-corrected chi connectivity index (χ4v) is 1.44. The van der Waals surface area contributed by atoms with Gasteiger partial charge in [0, 0.05) is 13.1 Å². The Balaban J connectivity index is 2.53. The molecule has 1 unspecified atom stereocenters. The number of ether oxygens (including phenoxy) is 2. The van der Waals surface area contributed by atoms with E-state index in [0.717, 1.165) is 5.56 Å². The number of methoxy groups -OCH3 is 2. The molecule has 0 fully saturated rings. The fourth-order valence-electron chi connectivity index (χ4n) is 1.44. The SMILES string of the molecule is COc1ccc(CNCC(O)C(F)F)cc1OC. The molecule has 1 rings (SSSR count). The standard InChI is InChI=1S/C12H17F2NO3/c1-17-10-4-3-8(5-11(10)18-2)6-15-7-9(16)12(13)14/h3-5,9,12,15-16H,6-7H2,1-2H3. The van der Waals surface area contributed by atoms with E-state index in [4.69, 9.17) is 14.6 Å². The predicted molar refractivity (Wildman–Crippen MR) is 63.3 cm³/mol. The van der Waals surface area contributed by atoms with Crippen LogP contribution >= 0.6 is 0 Å². The number of rotatable bonds is 7. The monoisotopic (exact) mass is 261 g/mol. The highest BCUT2D eigenvalue weighted by molar-refractivity contribution is 5.42. The number of alkyl halides is 2. The fraction of sp³-hybridized carbons (Fsp3) is 0.500. The number of halogens is 2. The molecule has 102 valence electrons. The van der Waals surface area contributed by atoms with Gasteiger partial charge in [-0.05, 0) is 17.7 Å². The number of aliphatic hydroxyl groups is 1. The van der Waals surface area contributed by atoms with Crippen LogP contribution in [0.1, 0.15) is 5.56 Å². The van der Waals surface area contributed by atoms with Crippen molar-refractivity contribution in [2.24, 2.45) is 0 Å². The molecule has 1 aromatic rings. The Hall–Kier alpha value is -1.40. The average molecular weight is 261 g/mol. The lowest BCUT2D eigenvalue weighted by molar-refractivity contribution is -0.00340. The Morgan fingerprint density at radius 2 is 1.89 bits per heavy atom. The van der Waals surface area contributed by atoms with E-state index in [1.54, 1.807) is 18.2 Å². The van der Waals surface area contributed by atoms with Crippen molar-refractivity contribution in [1.82, 2.24) is 5.32 Å².